The van der Waals surface area contributed by atoms with Gasteiger partial charge in [0.2, 0.25) is 0 Å². The van der Waals surface area contributed by atoms with Crippen molar-refractivity contribution in [3.63, 3.8) is 0 Å². The van der Waals surface area contributed by atoms with E-state index in [-0.39, 0.29) is 12.0 Å². The van der Waals surface area contributed by atoms with Crippen LogP contribution >= 0.6 is 0 Å². The molecule has 0 aromatic heterocycles. The van der Waals surface area contributed by atoms with E-state index in [1.165, 1.54) is 0 Å². The summed E-state index contributed by atoms with van der Waals surface area (Å²) in [6.45, 7) is 9.10. The fourth-order valence-electron chi connectivity index (χ4n) is 2.22. The van der Waals surface area contributed by atoms with Gasteiger partial charge in [-0.3, -0.25) is 9.69 Å². The highest BCUT2D eigenvalue weighted by Crippen LogP contribution is 2.18. The van der Waals surface area contributed by atoms with Crippen LogP contribution in [0.3, 0.4) is 0 Å². The Hall–Kier alpha value is -0.650. The van der Waals surface area contributed by atoms with Crippen molar-refractivity contribution in [2.24, 2.45) is 5.92 Å². The summed E-state index contributed by atoms with van der Waals surface area (Å²) in [6.07, 6.45) is 0. The number of likely N-dealkylation sites (N-methyl/N-ethyl adjacent to an activating group) is 2. The van der Waals surface area contributed by atoms with Crippen LogP contribution in [0, 0.1) is 5.92 Å². The lowest BCUT2D eigenvalue weighted by Crippen LogP contribution is -2.44. The van der Waals surface area contributed by atoms with E-state index in [4.69, 9.17) is 9.84 Å². The Morgan fingerprint density at radius 3 is 2.47 bits per heavy atom. The maximum absolute atomic E-state index is 11.0. The van der Waals surface area contributed by atoms with Crippen molar-refractivity contribution in [3.8, 4) is 0 Å². The van der Waals surface area contributed by atoms with Crippen LogP contribution in [0.15, 0.2) is 0 Å². The van der Waals surface area contributed by atoms with Gasteiger partial charge in [-0.25, -0.2) is 0 Å². The second-order valence-electron chi connectivity index (χ2n) is 4.56. The minimum atomic E-state index is -0.748. The van der Waals surface area contributed by atoms with E-state index in [0.29, 0.717) is 13.2 Å². The molecule has 1 N–H and O–H groups in total. The zero-order chi connectivity index (χ0) is 12.8. The largest absolute Gasteiger partial charge is 0.481 e. The van der Waals surface area contributed by atoms with Crippen LogP contribution in [0.4, 0.5) is 0 Å². The number of hydrogen-bond donors (Lipinski definition) is 1. The molecular weight excluding hydrogens is 220 g/mol. The molecule has 2 unspecified atom stereocenters. The monoisotopic (exact) mass is 244 g/mol. The summed E-state index contributed by atoms with van der Waals surface area (Å²) in [4.78, 5) is 15.5. The highest BCUT2D eigenvalue weighted by atomic mass is 16.5. The Balaban J connectivity index is 2.41. The topological polar surface area (TPSA) is 53.0 Å². The number of aliphatic carboxylic acids is 1. The fourth-order valence-corrected chi connectivity index (χ4v) is 2.22. The van der Waals surface area contributed by atoms with Gasteiger partial charge in [0.15, 0.2) is 0 Å². The normalized spacial score (nSPS) is 24.8. The Bertz CT molecular complexity index is 244. The van der Waals surface area contributed by atoms with Gasteiger partial charge in [-0.15, -0.1) is 0 Å². The van der Waals surface area contributed by atoms with Gasteiger partial charge in [-0.1, -0.05) is 13.8 Å². The van der Waals surface area contributed by atoms with Crippen LogP contribution in [-0.2, 0) is 9.53 Å². The summed E-state index contributed by atoms with van der Waals surface area (Å²) in [5, 5.41) is 9.09. The van der Waals surface area contributed by atoms with E-state index in [1.54, 1.807) is 0 Å². The molecule has 5 nitrogen and oxygen atoms in total. The molecule has 0 radical (unpaired) electrons. The van der Waals surface area contributed by atoms with Gasteiger partial charge in [0.1, 0.15) is 0 Å². The zero-order valence-corrected chi connectivity index (χ0v) is 11.1. The van der Waals surface area contributed by atoms with Gasteiger partial charge in [0, 0.05) is 19.1 Å². The van der Waals surface area contributed by atoms with E-state index in [1.807, 2.05) is 7.05 Å². The first-order valence-electron chi connectivity index (χ1n) is 6.33. The van der Waals surface area contributed by atoms with E-state index in [2.05, 4.69) is 23.6 Å². The number of carbonyl (C=O) groups is 1. The summed E-state index contributed by atoms with van der Waals surface area (Å²) in [6, 6.07) is 0.0167. The lowest BCUT2D eigenvalue weighted by Gasteiger charge is -2.28. The molecule has 0 spiro atoms. The van der Waals surface area contributed by atoms with Gasteiger partial charge in [-0.05, 0) is 20.1 Å². The molecule has 17 heavy (non-hydrogen) atoms. The minimum absolute atomic E-state index is 0.0167. The van der Waals surface area contributed by atoms with Gasteiger partial charge in [0.25, 0.3) is 0 Å². The first-order valence-corrected chi connectivity index (χ1v) is 6.33. The molecule has 0 aromatic rings. The Morgan fingerprint density at radius 1 is 1.29 bits per heavy atom. The average Bonchev–Trinajstić information content (AvgIpc) is 2.79. The molecule has 1 rings (SSSR count). The van der Waals surface area contributed by atoms with Crippen molar-refractivity contribution in [1.82, 2.24) is 9.80 Å². The second kappa shape index (κ2) is 6.93. The maximum atomic E-state index is 11.0. The van der Waals surface area contributed by atoms with Gasteiger partial charge in [-0.2, -0.15) is 0 Å². The molecule has 100 valence electrons. The highest BCUT2D eigenvalue weighted by Gasteiger charge is 2.36. The molecular formula is C12H24N2O3. The molecule has 0 amide bonds. The number of carboxylic acid groups (broad SMARTS) is 1. The Kier molecular flexibility index (Phi) is 5.88. The number of rotatable bonds is 7. The van der Waals surface area contributed by atoms with Crippen molar-refractivity contribution in [1.29, 1.82) is 0 Å². The van der Waals surface area contributed by atoms with Crippen LogP contribution < -0.4 is 0 Å². The predicted molar refractivity (Wildman–Crippen MR) is 66.2 cm³/mol. The molecule has 1 fully saturated rings. The zero-order valence-electron chi connectivity index (χ0n) is 11.1. The molecule has 1 aliphatic heterocycles. The van der Waals surface area contributed by atoms with Gasteiger partial charge >= 0.3 is 5.97 Å². The Labute approximate surface area is 103 Å². The number of carboxylic acids is 1. The molecule has 2 atom stereocenters. The van der Waals surface area contributed by atoms with E-state index in [0.717, 1.165) is 26.2 Å². The third-order valence-corrected chi connectivity index (χ3v) is 3.60. The predicted octanol–water partition coefficient (Wildman–Crippen LogP) is 0.360. The summed E-state index contributed by atoms with van der Waals surface area (Å²) in [7, 11) is 1.98. The average molecular weight is 244 g/mol. The summed E-state index contributed by atoms with van der Waals surface area (Å²) >= 11 is 0. The van der Waals surface area contributed by atoms with Crippen molar-refractivity contribution in [2.45, 2.75) is 19.9 Å². The summed E-state index contributed by atoms with van der Waals surface area (Å²) in [5.41, 5.74) is 0. The Morgan fingerprint density at radius 2 is 1.94 bits per heavy atom. The number of nitrogens with zero attached hydrogens (tertiary/aromatic N) is 2. The van der Waals surface area contributed by atoms with Crippen LogP contribution in [0.1, 0.15) is 13.8 Å². The first kappa shape index (κ1) is 14.4. The quantitative estimate of drug-likeness (QED) is 0.701. The van der Waals surface area contributed by atoms with Crippen LogP contribution in [0.2, 0.25) is 0 Å². The van der Waals surface area contributed by atoms with Crippen LogP contribution in [0.5, 0.6) is 0 Å². The fraction of sp³-hybridized carbons (Fsp3) is 0.917. The highest BCUT2D eigenvalue weighted by molar-refractivity contribution is 5.71. The molecule has 0 saturated carbocycles. The van der Waals surface area contributed by atoms with Crippen LogP contribution in [0.25, 0.3) is 0 Å². The van der Waals surface area contributed by atoms with Crippen molar-refractivity contribution >= 4 is 5.97 Å². The second-order valence-corrected chi connectivity index (χ2v) is 4.56. The molecule has 0 aliphatic carbocycles. The van der Waals surface area contributed by atoms with E-state index < -0.39 is 5.97 Å². The first-order chi connectivity index (χ1) is 8.10. The van der Waals surface area contributed by atoms with Gasteiger partial charge < -0.3 is 14.7 Å². The SMILES string of the molecule is CCN(CC)CCN(C)C1COCC1C(=O)O. The lowest BCUT2D eigenvalue weighted by molar-refractivity contribution is -0.143. The molecule has 0 bridgehead atoms. The molecule has 1 heterocycles. The summed E-state index contributed by atoms with van der Waals surface area (Å²) < 4.78 is 5.28. The van der Waals surface area contributed by atoms with Gasteiger partial charge in [0.05, 0.1) is 19.1 Å². The number of hydrogen-bond acceptors (Lipinski definition) is 4. The van der Waals surface area contributed by atoms with Crippen molar-refractivity contribution < 1.29 is 14.6 Å². The van der Waals surface area contributed by atoms with Crippen molar-refractivity contribution in [3.05, 3.63) is 0 Å². The third-order valence-electron chi connectivity index (χ3n) is 3.60. The standard InChI is InChI=1S/C12H24N2O3/c1-4-14(5-2)7-6-13(3)11-9-17-8-10(11)12(15)16/h10-11H,4-9H2,1-3H3,(H,15,16). The third kappa shape index (κ3) is 3.94. The van der Waals surface area contributed by atoms with Crippen LogP contribution in [-0.4, -0.2) is 73.4 Å². The lowest BCUT2D eigenvalue weighted by atomic mass is 10.0. The van der Waals surface area contributed by atoms with E-state index >= 15 is 0 Å². The smallest absolute Gasteiger partial charge is 0.310 e. The number of ether oxygens (including phenoxy) is 1. The molecule has 0 aromatic carbocycles. The van der Waals surface area contributed by atoms with Crippen molar-refractivity contribution in [2.75, 3.05) is 46.4 Å². The molecule has 1 saturated heterocycles. The van der Waals surface area contributed by atoms with E-state index in [9.17, 15) is 4.79 Å². The molecule has 5 heteroatoms. The minimum Gasteiger partial charge on any atom is -0.481 e. The maximum Gasteiger partial charge on any atom is 0.310 e. The molecule has 1 aliphatic rings. The summed E-state index contributed by atoms with van der Waals surface area (Å²) in [5.74, 6) is -1.13.